The van der Waals surface area contributed by atoms with Gasteiger partial charge in [0.2, 0.25) is 0 Å². The lowest BCUT2D eigenvalue weighted by atomic mass is 9.99. The van der Waals surface area contributed by atoms with E-state index in [0.29, 0.717) is 23.9 Å². The van der Waals surface area contributed by atoms with Gasteiger partial charge in [-0.3, -0.25) is 4.79 Å². The van der Waals surface area contributed by atoms with Gasteiger partial charge in [0.25, 0.3) is 0 Å². The second-order valence-electron chi connectivity index (χ2n) is 6.00. The summed E-state index contributed by atoms with van der Waals surface area (Å²) in [5.74, 6) is 1.10. The summed E-state index contributed by atoms with van der Waals surface area (Å²) < 4.78 is 0. The summed E-state index contributed by atoms with van der Waals surface area (Å²) in [7, 11) is 0. The van der Waals surface area contributed by atoms with E-state index >= 15 is 0 Å². The summed E-state index contributed by atoms with van der Waals surface area (Å²) in [6.07, 6.45) is 8.78. The van der Waals surface area contributed by atoms with E-state index in [2.05, 4.69) is 26.0 Å². The highest BCUT2D eigenvalue weighted by Gasteiger charge is 2.18. The van der Waals surface area contributed by atoms with Crippen LogP contribution in [0.2, 0.25) is 0 Å². The molecular formula is C19H24O2. The fourth-order valence-corrected chi connectivity index (χ4v) is 2.87. The lowest BCUT2D eigenvalue weighted by Gasteiger charge is -2.07. The highest BCUT2D eigenvalue weighted by molar-refractivity contribution is 5.98. The van der Waals surface area contributed by atoms with Gasteiger partial charge >= 0.3 is 0 Å². The number of phenolic OH excluding ortho intramolecular Hbond substituents is 1. The van der Waals surface area contributed by atoms with Gasteiger partial charge in [0.05, 0.1) is 0 Å². The Hall–Kier alpha value is -1.83. The van der Waals surface area contributed by atoms with Gasteiger partial charge in [0.1, 0.15) is 5.75 Å². The minimum atomic E-state index is 0.325. The van der Waals surface area contributed by atoms with Crippen LogP contribution in [0, 0.1) is 5.92 Å². The van der Waals surface area contributed by atoms with Crippen molar-refractivity contribution in [2.45, 2.75) is 46.0 Å². The molecule has 1 aromatic carbocycles. The summed E-state index contributed by atoms with van der Waals surface area (Å²) in [6.45, 7) is 4.25. The van der Waals surface area contributed by atoms with Crippen LogP contribution < -0.4 is 0 Å². The fraction of sp³-hybridized carbons (Fsp3) is 0.421. The Morgan fingerprint density at radius 2 is 2.14 bits per heavy atom. The van der Waals surface area contributed by atoms with Crippen molar-refractivity contribution in [3.63, 3.8) is 0 Å². The molecule has 0 spiro atoms. The smallest absolute Gasteiger partial charge is 0.159 e. The van der Waals surface area contributed by atoms with E-state index in [1.54, 1.807) is 6.07 Å². The molecule has 0 heterocycles. The molecule has 112 valence electrons. The molecule has 0 saturated heterocycles. The van der Waals surface area contributed by atoms with Gasteiger partial charge in [-0.05, 0) is 61.8 Å². The van der Waals surface area contributed by atoms with E-state index in [0.717, 1.165) is 36.8 Å². The first-order chi connectivity index (χ1) is 10.1. The van der Waals surface area contributed by atoms with Crippen LogP contribution in [-0.2, 0) is 11.2 Å². The first-order valence-electron chi connectivity index (χ1n) is 7.72. The van der Waals surface area contributed by atoms with Crippen molar-refractivity contribution < 1.29 is 9.90 Å². The number of Topliss-reactive ketones (excluding diaryl/α,β-unsaturated/α-hetero) is 1. The second-order valence-corrected chi connectivity index (χ2v) is 6.00. The van der Waals surface area contributed by atoms with Crippen molar-refractivity contribution in [1.29, 1.82) is 0 Å². The molecule has 0 aromatic heterocycles. The molecule has 1 aliphatic carbocycles. The first kappa shape index (κ1) is 15.6. The van der Waals surface area contributed by atoms with Crippen LogP contribution >= 0.6 is 0 Å². The maximum atomic E-state index is 11.7. The standard InChI is InChI=1S/C19H24O2/c1-14(12-16-7-5-8-17(20)13-16)6-3-4-9-18-15(2)10-11-19(18)21/h3,5-8,13-14,20H,4,9-12H2,1-2H3/b6-3+. The molecule has 1 aromatic rings. The Bertz CT molecular complexity index is 567. The summed E-state index contributed by atoms with van der Waals surface area (Å²) in [5.41, 5.74) is 3.48. The van der Waals surface area contributed by atoms with E-state index < -0.39 is 0 Å². The van der Waals surface area contributed by atoms with Crippen LogP contribution in [0.25, 0.3) is 0 Å². The number of hydrogen-bond acceptors (Lipinski definition) is 2. The number of hydrogen-bond donors (Lipinski definition) is 1. The Morgan fingerprint density at radius 3 is 2.81 bits per heavy atom. The van der Waals surface area contributed by atoms with Gasteiger partial charge in [-0.1, -0.05) is 36.8 Å². The number of allylic oxidation sites excluding steroid dienone is 4. The van der Waals surface area contributed by atoms with E-state index in [1.165, 1.54) is 5.57 Å². The maximum absolute atomic E-state index is 11.7. The molecule has 1 aliphatic rings. The molecule has 1 N–H and O–H groups in total. The van der Waals surface area contributed by atoms with Crippen molar-refractivity contribution in [3.8, 4) is 5.75 Å². The monoisotopic (exact) mass is 284 g/mol. The van der Waals surface area contributed by atoms with Gasteiger partial charge < -0.3 is 5.11 Å². The molecule has 21 heavy (non-hydrogen) atoms. The van der Waals surface area contributed by atoms with Crippen molar-refractivity contribution in [1.82, 2.24) is 0 Å². The molecule has 2 heteroatoms. The van der Waals surface area contributed by atoms with Gasteiger partial charge in [0, 0.05) is 6.42 Å². The zero-order valence-corrected chi connectivity index (χ0v) is 12.9. The van der Waals surface area contributed by atoms with Crippen LogP contribution in [0.1, 0.15) is 45.1 Å². The largest absolute Gasteiger partial charge is 0.508 e. The zero-order chi connectivity index (χ0) is 15.2. The molecule has 0 amide bonds. The number of phenols is 1. The number of carbonyl (C=O) groups is 1. The molecule has 0 fully saturated rings. The quantitative estimate of drug-likeness (QED) is 0.776. The molecule has 1 unspecified atom stereocenters. The number of carbonyl (C=O) groups excluding carboxylic acids is 1. The van der Waals surface area contributed by atoms with Crippen molar-refractivity contribution >= 4 is 5.78 Å². The predicted molar refractivity (Wildman–Crippen MR) is 86.3 cm³/mol. The predicted octanol–water partition coefficient (Wildman–Crippen LogP) is 4.59. The summed E-state index contributed by atoms with van der Waals surface area (Å²) in [6, 6.07) is 7.42. The second kappa shape index (κ2) is 7.26. The first-order valence-corrected chi connectivity index (χ1v) is 7.72. The third-order valence-corrected chi connectivity index (χ3v) is 4.07. The Kier molecular flexibility index (Phi) is 5.38. The molecule has 0 aliphatic heterocycles. The summed E-state index contributed by atoms with van der Waals surface area (Å²) >= 11 is 0. The lowest BCUT2D eigenvalue weighted by molar-refractivity contribution is -0.115. The van der Waals surface area contributed by atoms with E-state index in [9.17, 15) is 9.90 Å². The van der Waals surface area contributed by atoms with Crippen molar-refractivity contribution in [3.05, 3.63) is 53.1 Å². The van der Waals surface area contributed by atoms with Gasteiger partial charge in [-0.2, -0.15) is 0 Å². The third-order valence-electron chi connectivity index (χ3n) is 4.07. The Labute approximate surface area is 127 Å². The van der Waals surface area contributed by atoms with E-state index in [1.807, 2.05) is 18.2 Å². The molecule has 2 nitrogen and oxygen atoms in total. The topological polar surface area (TPSA) is 37.3 Å². The van der Waals surface area contributed by atoms with Gasteiger partial charge in [-0.25, -0.2) is 0 Å². The van der Waals surface area contributed by atoms with Crippen molar-refractivity contribution in [2.24, 2.45) is 5.92 Å². The van der Waals surface area contributed by atoms with Crippen LogP contribution in [0.5, 0.6) is 5.75 Å². The van der Waals surface area contributed by atoms with Gasteiger partial charge in [0.15, 0.2) is 5.78 Å². The average molecular weight is 284 g/mol. The minimum absolute atomic E-state index is 0.325. The van der Waals surface area contributed by atoms with Crippen LogP contribution in [0.3, 0.4) is 0 Å². The highest BCUT2D eigenvalue weighted by Crippen LogP contribution is 2.26. The van der Waals surface area contributed by atoms with Gasteiger partial charge in [-0.15, -0.1) is 0 Å². The molecule has 0 radical (unpaired) electrons. The Balaban J connectivity index is 1.79. The average Bonchev–Trinajstić information content (AvgIpc) is 2.75. The lowest BCUT2D eigenvalue weighted by Crippen LogP contribution is -1.97. The normalized spacial score (nSPS) is 17.0. The number of rotatable bonds is 6. The SMILES string of the molecule is CC1=C(CC/C=C/C(C)Cc2cccc(O)c2)C(=O)CC1. The molecular weight excluding hydrogens is 260 g/mol. The zero-order valence-electron chi connectivity index (χ0n) is 12.9. The summed E-state index contributed by atoms with van der Waals surface area (Å²) in [4.78, 5) is 11.7. The third kappa shape index (κ3) is 4.59. The van der Waals surface area contributed by atoms with Crippen LogP contribution in [0.15, 0.2) is 47.6 Å². The number of aromatic hydroxyl groups is 1. The molecule has 2 rings (SSSR count). The van der Waals surface area contributed by atoms with E-state index in [4.69, 9.17) is 0 Å². The van der Waals surface area contributed by atoms with Crippen LogP contribution in [-0.4, -0.2) is 10.9 Å². The number of benzene rings is 1. The number of ketones is 1. The molecule has 1 atom stereocenters. The highest BCUT2D eigenvalue weighted by atomic mass is 16.3. The molecule has 0 saturated carbocycles. The fourth-order valence-electron chi connectivity index (χ4n) is 2.87. The Morgan fingerprint density at radius 1 is 1.33 bits per heavy atom. The maximum Gasteiger partial charge on any atom is 0.159 e. The summed E-state index contributed by atoms with van der Waals surface area (Å²) in [5, 5.41) is 9.46. The van der Waals surface area contributed by atoms with Crippen molar-refractivity contribution in [2.75, 3.05) is 0 Å². The van der Waals surface area contributed by atoms with Crippen LogP contribution in [0.4, 0.5) is 0 Å². The van der Waals surface area contributed by atoms with E-state index in [-0.39, 0.29) is 0 Å². The molecule has 0 bridgehead atoms. The minimum Gasteiger partial charge on any atom is -0.508 e.